The average molecular weight is 419 g/mol. The van der Waals surface area contributed by atoms with E-state index in [1.165, 1.54) is 31.8 Å². The second-order valence-electron chi connectivity index (χ2n) is 8.79. The molecule has 0 radical (unpaired) electrons. The zero-order valence-corrected chi connectivity index (χ0v) is 18.9. The van der Waals surface area contributed by atoms with E-state index in [2.05, 4.69) is 19.3 Å². The van der Waals surface area contributed by atoms with Crippen molar-refractivity contribution in [2.75, 3.05) is 26.7 Å². The maximum Gasteiger partial charge on any atom is 0.244 e. The van der Waals surface area contributed by atoms with Crippen LogP contribution in [0.15, 0.2) is 17.5 Å². The predicted octanol–water partition coefficient (Wildman–Crippen LogP) is 2.27. The standard InChI is InChI=1S/C23H35N3O2S/c1-17-6-4-5-7-20(17)25(3)19-10-13-26(14-11-19)23(28)16-24-22(27)9-8-21-18(2)12-15-29-21/h8-9,12,15,17,19-20H,4-7,10-11,13-14,16H2,1-3H3,(H,24,27)/p+1. The van der Waals surface area contributed by atoms with Crippen LogP contribution in [0, 0.1) is 12.8 Å². The summed E-state index contributed by atoms with van der Waals surface area (Å²) in [6.45, 7) is 6.13. The molecule has 2 aliphatic rings. The summed E-state index contributed by atoms with van der Waals surface area (Å²) in [7, 11) is 2.36. The Kier molecular flexibility index (Phi) is 7.90. The van der Waals surface area contributed by atoms with E-state index in [-0.39, 0.29) is 18.4 Å². The summed E-state index contributed by atoms with van der Waals surface area (Å²) >= 11 is 1.61. The van der Waals surface area contributed by atoms with Crippen LogP contribution in [0.5, 0.6) is 0 Å². The molecule has 1 saturated heterocycles. The fraction of sp³-hybridized carbons (Fsp3) is 0.652. The van der Waals surface area contributed by atoms with Gasteiger partial charge in [-0.15, -0.1) is 11.3 Å². The summed E-state index contributed by atoms with van der Waals surface area (Å²) in [4.78, 5) is 29.2. The van der Waals surface area contributed by atoms with Gasteiger partial charge in [0.2, 0.25) is 11.8 Å². The molecule has 0 spiro atoms. The number of carbonyl (C=O) groups excluding carboxylic acids is 2. The number of hydrogen-bond acceptors (Lipinski definition) is 3. The number of amides is 2. The fourth-order valence-electron chi connectivity index (χ4n) is 4.92. The Morgan fingerprint density at radius 1 is 1.24 bits per heavy atom. The Morgan fingerprint density at radius 2 is 1.97 bits per heavy atom. The number of aryl methyl sites for hydroxylation is 1. The molecular formula is C23H36N3O2S+. The largest absolute Gasteiger partial charge is 0.343 e. The zero-order chi connectivity index (χ0) is 20.8. The number of rotatable bonds is 6. The van der Waals surface area contributed by atoms with Gasteiger partial charge in [0.25, 0.3) is 0 Å². The molecule has 2 fully saturated rings. The van der Waals surface area contributed by atoms with E-state index in [1.807, 2.05) is 29.3 Å². The lowest BCUT2D eigenvalue weighted by Gasteiger charge is -2.41. The third-order valence-corrected chi connectivity index (χ3v) is 7.87. The lowest BCUT2D eigenvalue weighted by atomic mass is 9.84. The Bertz CT molecular complexity index is 721. The van der Waals surface area contributed by atoms with Crippen LogP contribution < -0.4 is 10.2 Å². The average Bonchev–Trinajstić information content (AvgIpc) is 3.15. The van der Waals surface area contributed by atoms with Crippen molar-refractivity contribution in [1.82, 2.24) is 10.2 Å². The lowest BCUT2D eigenvalue weighted by molar-refractivity contribution is -0.937. The van der Waals surface area contributed by atoms with Gasteiger partial charge in [-0.05, 0) is 49.3 Å². The second-order valence-corrected chi connectivity index (χ2v) is 9.73. The molecule has 2 amide bonds. The monoisotopic (exact) mass is 418 g/mol. The van der Waals surface area contributed by atoms with Gasteiger partial charge in [-0.3, -0.25) is 9.59 Å². The van der Waals surface area contributed by atoms with E-state index in [0.29, 0.717) is 6.04 Å². The maximum atomic E-state index is 12.5. The molecule has 2 N–H and O–H groups in total. The Balaban J connectivity index is 1.40. The van der Waals surface area contributed by atoms with Gasteiger partial charge in [-0.1, -0.05) is 13.3 Å². The lowest BCUT2D eigenvalue weighted by Crippen LogP contribution is -3.17. The van der Waals surface area contributed by atoms with Gasteiger partial charge in [0.1, 0.15) is 0 Å². The van der Waals surface area contributed by atoms with E-state index in [9.17, 15) is 9.59 Å². The zero-order valence-electron chi connectivity index (χ0n) is 18.1. The van der Waals surface area contributed by atoms with Crippen molar-refractivity contribution >= 4 is 29.2 Å². The van der Waals surface area contributed by atoms with Crippen LogP contribution in [0.4, 0.5) is 0 Å². The van der Waals surface area contributed by atoms with Crippen molar-refractivity contribution < 1.29 is 14.5 Å². The first kappa shape index (κ1) is 22.0. The normalized spacial score (nSPS) is 24.6. The quantitative estimate of drug-likeness (QED) is 0.697. The molecule has 3 atom stereocenters. The number of quaternary nitrogens is 1. The molecule has 1 saturated carbocycles. The minimum Gasteiger partial charge on any atom is -0.343 e. The summed E-state index contributed by atoms with van der Waals surface area (Å²) in [6, 6.07) is 3.45. The van der Waals surface area contributed by atoms with Crippen LogP contribution in [0.25, 0.3) is 6.08 Å². The van der Waals surface area contributed by atoms with Crippen molar-refractivity contribution in [3.63, 3.8) is 0 Å². The van der Waals surface area contributed by atoms with Crippen LogP contribution in [-0.4, -0.2) is 55.5 Å². The summed E-state index contributed by atoms with van der Waals surface area (Å²) in [5.41, 5.74) is 1.16. The third kappa shape index (κ3) is 5.92. The highest BCUT2D eigenvalue weighted by atomic mass is 32.1. The van der Waals surface area contributed by atoms with Crippen LogP contribution in [0.3, 0.4) is 0 Å². The highest BCUT2D eigenvalue weighted by Gasteiger charge is 2.35. The van der Waals surface area contributed by atoms with Crippen LogP contribution in [0.2, 0.25) is 0 Å². The van der Waals surface area contributed by atoms with Gasteiger partial charge < -0.3 is 15.1 Å². The number of nitrogens with zero attached hydrogens (tertiary/aromatic N) is 1. The number of likely N-dealkylation sites (tertiary alicyclic amines) is 1. The van der Waals surface area contributed by atoms with Gasteiger partial charge in [0.05, 0.1) is 25.7 Å². The van der Waals surface area contributed by atoms with Crippen LogP contribution >= 0.6 is 11.3 Å². The van der Waals surface area contributed by atoms with E-state index in [1.54, 1.807) is 16.2 Å². The van der Waals surface area contributed by atoms with Crippen molar-refractivity contribution in [3.05, 3.63) is 28.0 Å². The Labute approximate surface area is 179 Å². The number of carbonyl (C=O) groups is 2. The maximum absolute atomic E-state index is 12.5. The summed E-state index contributed by atoms with van der Waals surface area (Å²) in [6.07, 6.45) is 10.9. The highest BCUT2D eigenvalue weighted by Crippen LogP contribution is 2.23. The first-order chi connectivity index (χ1) is 14.0. The summed E-state index contributed by atoms with van der Waals surface area (Å²) in [5, 5.41) is 4.74. The van der Waals surface area contributed by atoms with Gasteiger partial charge in [0.15, 0.2) is 0 Å². The number of thiophene rings is 1. The molecule has 29 heavy (non-hydrogen) atoms. The first-order valence-electron chi connectivity index (χ1n) is 11.1. The predicted molar refractivity (Wildman–Crippen MR) is 119 cm³/mol. The molecule has 3 rings (SSSR count). The van der Waals surface area contributed by atoms with Crippen molar-refractivity contribution in [1.29, 1.82) is 0 Å². The number of piperidine rings is 1. The molecule has 1 aromatic heterocycles. The Morgan fingerprint density at radius 3 is 2.62 bits per heavy atom. The van der Waals surface area contributed by atoms with Crippen molar-refractivity contribution in [2.24, 2.45) is 5.92 Å². The third-order valence-electron chi connectivity index (χ3n) is 6.89. The van der Waals surface area contributed by atoms with Gasteiger partial charge in [0, 0.05) is 42.8 Å². The summed E-state index contributed by atoms with van der Waals surface area (Å²) < 4.78 is 0. The molecule has 1 aromatic rings. The molecule has 2 heterocycles. The van der Waals surface area contributed by atoms with Gasteiger partial charge in [-0.25, -0.2) is 0 Å². The van der Waals surface area contributed by atoms with E-state index in [4.69, 9.17) is 0 Å². The van der Waals surface area contributed by atoms with E-state index >= 15 is 0 Å². The summed E-state index contributed by atoms with van der Waals surface area (Å²) in [5.74, 6) is 0.627. The Hall–Kier alpha value is -1.66. The molecule has 5 nitrogen and oxygen atoms in total. The topological polar surface area (TPSA) is 53.9 Å². The molecule has 160 valence electrons. The molecule has 3 unspecified atom stereocenters. The first-order valence-corrected chi connectivity index (χ1v) is 11.9. The highest BCUT2D eigenvalue weighted by molar-refractivity contribution is 7.11. The molecule has 1 aliphatic heterocycles. The van der Waals surface area contributed by atoms with Gasteiger partial charge in [-0.2, -0.15) is 0 Å². The fourth-order valence-corrected chi connectivity index (χ4v) is 5.74. The van der Waals surface area contributed by atoms with E-state index in [0.717, 1.165) is 48.3 Å². The SMILES string of the molecule is Cc1ccsc1C=CC(=O)NCC(=O)N1CCC([NH+](C)C2CCCCC2C)CC1. The smallest absolute Gasteiger partial charge is 0.244 e. The number of hydrogen-bond donors (Lipinski definition) is 2. The molecule has 0 bridgehead atoms. The van der Waals surface area contributed by atoms with Crippen LogP contribution in [0.1, 0.15) is 55.9 Å². The second kappa shape index (κ2) is 10.4. The molecule has 6 heteroatoms. The van der Waals surface area contributed by atoms with Crippen molar-refractivity contribution in [2.45, 2.75) is 64.5 Å². The minimum absolute atomic E-state index is 0.0289. The molecule has 1 aliphatic carbocycles. The molecule has 0 aromatic carbocycles. The van der Waals surface area contributed by atoms with E-state index < -0.39 is 0 Å². The molecular weight excluding hydrogens is 382 g/mol. The van der Waals surface area contributed by atoms with Gasteiger partial charge >= 0.3 is 0 Å². The van der Waals surface area contributed by atoms with Crippen LogP contribution in [-0.2, 0) is 9.59 Å². The van der Waals surface area contributed by atoms with Crippen molar-refractivity contribution in [3.8, 4) is 0 Å². The number of nitrogens with one attached hydrogen (secondary N) is 2. The minimum atomic E-state index is -0.212.